The van der Waals surface area contributed by atoms with Gasteiger partial charge < -0.3 is 0 Å². The van der Waals surface area contributed by atoms with Gasteiger partial charge in [0.05, 0.1) is 16.5 Å². The maximum absolute atomic E-state index is 13.4. The van der Waals surface area contributed by atoms with Crippen LogP contribution in [0.15, 0.2) is 30.3 Å². The number of rotatable bonds is 5. The molecule has 0 spiro atoms. The Morgan fingerprint density at radius 2 is 2.00 bits per heavy atom. The molecule has 2 aliphatic rings. The van der Waals surface area contributed by atoms with E-state index in [0.717, 1.165) is 15.4 Å². The average Bonchev–Trinajstić information content (AvgIpc) is 3.10. The van der Waals surface area contributed by atoms with E-state index < -0.39 is 23.9 Å². The molecule has 30 heavy (non-hydrogen) atoms. The van der Waals surface area contributed by atoms with Gasteiger partial charge in [-0.15, -0.1) is 16.4 Å². The van der Waals surface area contributed by atoms with Crippen molar-refractivity contribution in [2.24, 2.45) is 5.92 Å². The molecule has 0 aromatic carbocycles. The molecule has 1 amide bonds. The first-order chi connectivity index (χ1) is 14.4. The summed E-state index contributed by atoms with van der Waals surface area (Å²) in [6.07, 6.45) is -1.02. The van der Waals surface area contributed by atoms with Crippen LogP contribution in [0, 0.1) is 5.92 Å². The number of carbonyl (C=O) groups is 1. The number of hydrogen-bond acceptors (Lipinski definition) is 5. The number of pyridine rings is 1. The second-order valence-corrected chi connectivity index (χ2v) is 9.03. The van der Waals surface area contributed by atoms with Crippen molar-refractivity contribution in [1.82, 2.24) is 19.5 Å². The highest BCUT2D eigenvalue weighted by Crippen LogP contribution is 2.35. The van der Waals surface area contributed by atoms with Gasteiger partial charge >= 0.3 is 0 Å². The molecular formula is C20H20F3N5OS. The Hall–Kier alpha value is -2.46. The molecule has 6 nitrogen and oxygen atoms in total. The zero-order valence-electron chi connectivity index (χ0n) is 16.0. The largest absolute Gasteiger partial charge is 0.298 e. The predicted molar refractivity (Wildman–Crippen MR) is 107 cm³/mol. The molecule has 2 atom stereocenters. The zero-order valence-corrected chi connectivity index (χ0v) is 16.8. The fourth-order valence-corrected chi connectivity index (χ4v) is 4.70. The number of alkyl halides is 3. The summed E-state index contributed by atoms with van der Waals surface area (Å²) in [5.74, 6) is -3.40. The Morgan fingerprint density at radius 1 is 1.23 bits per heavy atom. The van der Waals surface area contributed by atoms with Crippen molar-refractivity contribution < 1.29 is 18.0 Å². The van der Waals surface area contributed by atoms with Crippen LogP contribution in [0.5, 0.6) is 0 Å². The third kappa shape index (κ3) is 3.93. The van der Waals surface area contributed by atoms with Crippen molar-refractivity contribution in [3.05, 3.63) is 35.2 Å². The summed E-state index contributed by atoms with van der Waals surface area (Å²) in [5.41, 5.74) is 1.39. The summed E-state index contributed by atoms with van der Waals surface area (Å²) in [4.78, 5) is 20.4. The third-order valence-electron chi connectivity index (χ3n) is 5.53. The number of piperidine rings is 1. The number of anilines is 1. The van der Waals surface area contributed by atoms with Gasteiger partial charge in [-0.1, -0.05) is 6.07 Å². The lowest BCUT2D eigenvalue weighted by atomic mass is 10.1. The van der Waals surface area contributed by atoms with Crippen LogP contribution < -0.4 is 5.32 Å². The van der Waals surface area contributed by atoms with E-state index in [1.165, 1.54) is 0 Å². The monoisotopic (exact) mass is 435 g/mol. The smallest absolute Gasteiger partial charge is 0.250 e. The van der Waals surface area contributed by atoms with Gasteiger partial charge in [-0.05, 0) is 30.7 Å². The molecule has 4 heterocycles. The van der Waals surface area contributed by atoms with Crippen LogP contribution in [-0.4, -0.2) is 50.6 Å². The normalized spacial score (nSPS) is 23.6. The molecule has 1 N–H and O–H groups in total. The van der Waals surface area contributed by atoms with Crippen LogP contribution in [-0.2, 0) is 11.3 Å². The molecule has 158 valence electrons. The van der Waals surface area contributed by atoms with Gasteiger partial charge in [0.25, 0.3) is 5.92 Å². The van der Waals surface area contributed by atoms with Crippen molar-refractivity contribution in [3.8, 4) is 10.6 Å². The standard InChI is InChI=1S/C20H20F3N5OS/c21-14-10-13(14)18(29)25-19-24-17-3-1-2-15(28(17)26-19)16-5-4-12(30-16)11-27-8-6-20(22,23)7-9-27/h1-5,13-14H,6-11H2,(H,25,26,29)/t13-,14-/m1/s1. The van der Waals surface area contributed by atoms with Crippen LogP contribution >= 0.6 is 11.3 Å². The van der Waals surface area contributed by atoms with Crippen molar-refractivity contribution >= 4 is 28.8 Å². The van der Waals surface area contributed by atoms with E-state index in [1.807, 2.05) is 29.2 Å². The molecule has 1 saturated heterocycles. The van der Waals surface area contributed by atoms with E-state index in [0.29, 0.717) is 25.3 Å². The summed E-state index contributed by atoms with van der Waals surface area (Å²) < 4.78 is 41.4. The molecule has 2 fully saturated rings. The van der Waals surface area contributed by atoms with E-state index >= 15 is 0 Å². The number of fused-ring (bicyclic) bond motifs is 1. The molecule has 5 rings (SSSR count). The Kier molecular flexibility index (Phi) is 4.78. The summed E-state index contributed by atoms with van der Waals surface area (Å²) in [6.45, 7) is 1.42. The molecular weight excluding hydrogens is 415 g/mol. The maximum Gasteiger partial charge on any atom is 0.250 e. The van der Waals surface area contributed by atoms with Crippen molar-refractivity contribution in [1.29, 1.82) is 0 Å². The lowest BCUT2D eigenvalue weighted by Crippen LogP contribution is -2.38. The van der Waals surface area contributed by atoms with Crippen LogP contribution in [0.2, 0.25) is 0 Å². The topological polar surface area (TPSA) is 62.5 Å². The van der Waals surface area contributed by atoms with Crippen molar-refractivity contribution in [2.45, 2.75) is 37.9 Å². The Bertz CT molecular complexity index is 1090. The first kappa shape index (κ1) is 19.5. The quantitative estimate of drug-likeness (QED) is 0.659. The minimum atomic E-state index is -2.54. The molecule has 1 aliphatic carbocycles. The number of halogens is 3. The minimum Gasteiger partial charge on any atom is -0.298 e. The van der Waals surface area contributed by atoms with Crippen LogP contribution in [0.3, 0.4) is 0 Å². The first-order valence-corrected chi connectivity index (χ1v) is 10.7. The highest BCUT2D eigenvalue weighted by Gasteiger charge is 2.44. The Balaban J connectivity index is 1.33. The van der Waals surface area contributed by atoms with E-state index in [9.17, 15) is 18.0 Å². The van der Waals surface area contributed by atoms with Gasteiger partial charge in [0, 0.05) is 37.4 Å². The van der Waals surface area contributed by atoms with Crippen LogP contribution in [0.25, 0.3) is 16.2 Å². The van der Waals surface area contributed by atoms with Crippen LogP contribution in [0.4, 0.5) is 19.1 Å². The third-order valence-corrected chi connectivity index (χ3v) is 6.62. The molecule has 1 aliphatic heterocycles. The molecule has 0 radical (unpaired) electrons. The number of carbonyl (C=O) groups excluding carboxylic acids is 1. The maximum atomic E-state index is 13.4. The fraction of sp³-hybridized carbons (Fsp3) is 0.450. The molecule has 10 heteroatoms. The van der Waals surface area contributed by atoms with Crippen LogP contribution in [0.1, 0.15) is 24.1 Å². The molecule has 0 bridgehead atoms. The van der Waals surface area contributed by atoms with E-state index in [-0.39, 0.29) is 25.2 Å². The van der Waals surface area contributed by atoms with E-state index in [2.05, 4.69) is 15.4 Å². The SMILES string of the molecule is O=C(Nc1nc2cccc(-c3ccc(CN4CCC(F)(F)CC4)s3)n2n1)[C@@H]1C[C@H]1F. The molecule has 0 unspecified atom stereocenters. The highest BCUT2D eigenvalue weighted by atomic mass is 32.1. The highest BCUT2D eigenvalue weighted by molar-refractivity contribution is 7.15. The summed E-state index contributed by atoms with van der Waals surface area (Å²) in [6, 6.07) is 9.52. The van der Waals surface area contributed by atoms with E-state index in [4.69, 9.17) is 0 Å². The zero-order chi connectivity index (χ0) is 20.9. The number of thiophene rings is 1. The second kappa shape index (κ2) is 7.35. The summed E-state index contributed by atoms with van der Waals surface area (Å²) >= 11 is 1.58. The Morgan fingerprint density at radius 3 is 2.73 bits per heavy atom. The first-order valence-electron chi connectivity index (χ1n) is 9.88. The van der Waals surface area contributed by atoms with Gasteiger partial charge in [-0.3, -0.25) is 15.0 Å². The van der Waals surface area contributed by atoms with Crippen molar-refractivity contribution in [3.63, 3.8) is 0 Å². The fourth-order valence-electron chi connectivity index (χ4n) is 3.64. The number of hydrogen-bond donors (Lipinski definition) is 1. The van der Waals surface area contributed by atoms with E-state index in [1.54, 1.807) is 21.9 Å². The second-order valence-electron chi connectivity index (χ2n) is 7.86. The number of amides is 1. The van der Waals surface area contributed by atoms with Gasteiger partial charge in [0.1, 0.15) is 6.17 Å². The molecule has 3 aromatic heterocycles. The lowest BCUT2D eigenvalue weighted by Gasteiger charge is -2.31. The van der Waals surface area contributed by atoms with Gasteiger partial charge in [0.2, 0.25) is 11.9 Å². The number of nitrogens with zero attached hydrogens (tertiary/aromatic N) is 4. The number of likely N-dealkylation sites (tertiary alicyclic amines) is 1. The minimum absolute atomic E-state index is 0.0952. The van der Waals surface area contributed by atoms with Gasteiger partial charge in [0.15, 0.2) is 5.65 Å². The number of nitrogens with one attached hydrogen (secondary N) is 1. The average molecular weight is 435 g/mol. The Labute approximate surface area is 174 Å². The molecule has 3 aromatic rings. The van der Waals surface area contributed by atoms with Gasteiger partial charge in [-0.25, -0.2) is 17.7 Å². The number of aromatic nitrogens is 3. The lowest BCUT2D eigenvalue weighted by molar-refractivity contribution is -0.117. The van der Waals surface area contributed by atoms with Gasteiger partial charge in [-0.2, -0.15) is 4.98 Å². The van der Waals surface area contributed by atoms with Crippen molar-refractivity contribution in [2.75, 3.05) is 18.4 Å². The predicted octanol–water partition coefficient (Wildman–Crippen LogP) is 3.99. The molecule has 1 saturated carbocycles. The summed E-state index contributed by atoms with van der Waals surface area (Å²) in [5, 5.41) is 6.95. The summed E-state index contributed by atoms with van der Waals surface area (Å²) in [7, 11) is 0.